The van der Waals surface area contributed by atoms with Gasteiger partial charge in [0, 0.05) is 18.5 Å². The predicted molar refractivity (Wildman–Crippen MR) is 78.9 cm³/mol. The highest BCUT2D eigenvalue weighted by molar-refractivity contribution is 5.78. The number of likely N-dealkylation sites (N-methyl/N-ethyl adjacent to an activating group) is 1. The first-order valence-electron chi connectivity index (χ1n) is 7.35. The Labute approximate surface area is 126 Å². The Morgan fingerprint density at radius 3 is 2.62 bits per heavy atom. The van der Waals surface area contributed by atoms with Gasteiger partial charge in [-0.1, -0.05) is 20.8 Å². The monoisotopic (exact) mass is 295 g/mol. The fourth-order valence-electron chi connectivity index (χ4n) is 2.16. The molecule has 1 aromatic heterocycles. The molecule has 0 saturated carbocycles. The third-order valence-electron chi connectivity index (χ3n) is 3.49. The summed E-state index contributed by atoms with van der Waals surface area (Å²) < 4.78 is 10.7. The summed E-state index contributed by atoms with van der Waals surface area (Å²) in [6, 6.07) is 0. The first kappa shape index (κ1) is 16.0. The Kier molecular flexibility index (Phi) is 5.00. The lowest BCUT2D eigenvalue weighted by molar-refractivity contribution is -0.136. The van der Waals surface area contributed by atoms with Crippen molar-refractivity contribution >= 4 is 5.91 Å². The molecular weight excluding hydrogens is 270 g/mol. The first-order valence-corrected chi connectivity index (χ1v) is 7.35. The smallest absolute Gasteiger partial charge is 0.236 e. The number of rotatable bonds is 4. The van der Waals surface area contributed by atoms with Crippen molar-refractivity contribution < 1.29 is 13.9 Å². The number of morpholine rings is 1. The van der Waals surface area contributed by atoms with Gasteiger partial charge in [-0.3, -0.25) is 9.69 Å². The third-order valence-corrected chi connectivity index (χ3v) is 3.49. The number of oxazole rings is 1. The number of carbonyl (C=O) groups excluding carboxylic acids is 1. The number of amides is 1. The van der Waals surface area contributed by atoms with Crippen LogP contribution in [0.5, 0.6) is 0 Å². The SMILES string of the molecule is CN(CC(=O)N1CCOCC1)Cc1nc(C(C)(C)C)co1. The van der Waals surface area contributed by atoms with Crippen LogP contribution in [0, 0.1) is 0 Å². The average molecular weight is 295 g/mol. The molecule has 2 heterocycles. The van der Waals surface area contributed by atoms with Gasteiger partial charge >= 0.3 is 0 Å². The Morgan fingerprint density at radius 1 is 1.38 bits per heavy atom. The van der Waals surface area contributed by atoms with Gasteiger partial charge < -0.3 is 14.1 Å². The van der Waals surface area contributed by atoms with Crippen LogP contribution >= 0.6 is 0 Å². The molecule has 1 fully saturated rings. The largest absolute Gasteiger partial charge is 0.447 e. The van der Waals surface area contributed by atoms with E-state index in [0.29, 0.717) is 45.3 Å². The second kappa shape index (κ2) is 6.58. The zero-order chi connectivity index (χ0) is 15.5. The Morgan fingerprint density at radius 2 is 2.05 bits per heavy atom. The molecule has 0 radical (unpaired) electrons. The van der Waals surface area contributed by atoms with E-state index < -0.39 is 0 Å². The van der Waals surface area contributed by atoms with Crippen molar-refractivity contribution in [1.82, 2.24) is 14.8 Å². The fraction of sp³-hybridized carbons (Fsp3) is 0.733. The molecule has 6 nitrogen and oxygen atoms in total. The van der Waals surface area contributed by atoms with Gasteiger partial charge in [-0.05, 0) is 7.05 Å². The van der Waals surface area contributed by atoms with Crippen molar-refractivity contribution in [2.75, 3.05) is 39.9 Å². The summed E-state index contributed by atoms with van der Waals surface area (Å²) in [6.45, 7) is 9.81. The van der Waals surface area contributed by atoms with Crippen LogP contribution in [-0.2, 0) is 21.5 Å². The molecular formula is C15H25N3O3. The molecule has 0 aromatic carbocycles. The minimum Gasteiger partial charge on any atom is -0.447 e. The van der Waals surface area contributed by atoms with Crippen molar-refractivity contribution in [1.29, 1.82) is 0 Å². The topological polar surface area (TPSA) is 58.8 Å². The van der Waals surface area contributed by atoms with Gasteiger partial charge in [0.05, 0.1) is 32.0 Å². The maximum Gasteiger partial charge on any atom is 0.236 e. The Balaban J connectivity index is 1.85. The minimum atomic E-state index is -0.0239. The molecule has 1 aliphatic rings. The number of ether oxygens (including phenoxy) is 1. The molecule has 118 valence electrons. The summed E-state index contributed by atoms with van der Waals surface area (Å²) in [5.74, 6) is 0.778. The maximum absolute atomic E-state index is 12.1. The van der Waals surface area contributed by atoms with Crippen LogP contribution < -0.4 is 0 Å². The molecule has 0 unspecified atom stereocenters. The van der Waals surface area contributed by atoms with Gasteiger partial charge in [0.1, 0.15) is 6.26 Å². The summed E-state index contributed by atoms with van der Waals surface area (Å²) in [5.41, 5.74) is 0.912. The summed E-state index contributed by atoms with van der Waals surface area (Å²) in [4.78, 5) is 20.4. The standard InChI is InChI=1S/C15H25N3O3/c1-15(2,3)12-11-21-13(16-12)9-17(4)10-14(19)18-5-7-20-8-6-18/h11H,5-10H2,1-4H3. The van der Waals surface area contributed by atoms with Gasteiger partial charge in [0.2, 0.25) is 11.8 Å². The minimum absolute atomic E-state index is 0.0239. The van der Waals surface area contributed by atoms with Gasteiger partial charge in [0.25, 0.3) is 0 Å². The van der Waals surface area contributed by atoms with Crippen molar-refractivity contribution in [3.8, 4) is 0 Å². The molecule has 0 aliphatic carbocycles. The zero-order valence-corrected chi connectivity index (χ0v) is 13.4. The molecule has 0 spiro atoms. The molecule has 0 bridgehead atoms. The summed E-state index contributed by atoms with van der Waals surface area (Å²) in [6.07, 6.45) is 1.70. The highest BCUT2D eigenvalue weighted by Crippen LogP contribution is 2.21. The number of nitrogens with zero attached hydrogens (tertiary/aromatic N) is 3. The van der Waals surface area contributed by atoms with E-state index in [-0.39, 0.29) is 11.3 Å². The molecule has 6 heteroatoms. The summed E-state index contributed by atoms with van der Waals surface area (Å²) in [5, 5.41) is 0. The van der Waals surface area contributed by atoms with Gasteiger partial charge in [0.15, 0.2) is 0 Å². The van der Waals surface area contributed by atoms with E-state index in [2.05, 4.69) is 25.8 Å². The van der Waals surface area contributed by atoms with Crippen molar-refractivity contribution in [3.05, 3.63) is 17.8 Å². The van der Waals surface area contributed by atoms with Crippen LogP contribution in [-0.4, -0.2) is 60.6 Å². The molecule has 21 heavy (non-hydrogen) atoms. The van der Waals surface area contributed by atoms with Gasteiger partial charge in [-0.15, -0.1) is 0 Å². The number of carbonyl (C=O) groups is 1. The number of hydrogen-bond acceptors (Lipinski definition) is 5. The van der Waals surface area contributed by atoms with E-state index in [1.165, 1.54) is 0 Å². The van der Waals surface area contributed by atoms with Gasteiger partial charge in [-0.25, -0.2) is 4.98 Å². The molecule has 1 aromatic rings. The van der Waals surface area contributed by atoms with E-state index >= 15 is 0 Å². The van der Waals surface area contributed by atoms with Crippen LogP contribution in [0.4, 0.5) is 0 Å². The highest BCUT2D eigenvalue weighted by atomic mass is 16.5. The summed E-state index contributed by atoms with van der Waals surface area (Å²) >= 11 is 0. The van der Waals surface area contributed by atoms with Crippen LogP contribution in [0.25, 0.3) is 0 Å². The van der Waals surface area contributed by atoms with Crippen molar-refractivity contribution in [2.24, 2.45) is 0 Å². The molecule has 0 N–H and O–H groups in total. The van der Waals surface area contributed by atoms with E-state index in [0.717, 1.165) is 5.69 Å². The third kappa shape index (κ3) is 4.54. The molecule has 1 aliphatic heterocycles. The lowest BCUT2D eigenvalue weighted by Gasteiger charge is -2.28. The predicted octanol–water partition coefficient (Wildman–Crippen LogP) is 1.26. The number of aromatic nitrogens is 1. The van der Waals surface area contributed by atoms with Crippen molar-refractivity contribution in [2.45, 2.75) is 32.7 Å². The first-order chi connectivity index (χ1) is 9.86. The fourth-order valence-corrected chi connectivity index (χ4v) is 2.16. The second-order valence-electron chi connectivity index (χ2n) is 6.54. The highest BCUT2D eigenvalue weighted by Gasteiger charge is 2.21. The Bertz CT molecular complexity index is 473. The van der Waals surface area contributed by atoms with E-state index in [1.807, 2.05) is 16.8 Å². The van der Waals surface area contributed by atoms with Gasteiger partial charge in [-0.2, -0.15) is 0 Å². The Hall–Kier alpha value is -1.40. The van der Waals surface area contributed by atoms with Crippen molar-refractivity contribution in [3.63, 3.8) is 0 Å². The molecule has 1 amide bonds. The molecule has 1 saturated heterocycles. The molecule has 2 rings (SSSR count). The van der Waals surface area contributed by atoms with E-state index in [9.17, 15) is 4.79 Å². The van der Waals surface area contributed by atoms with Crippen LogP contribution in [0.2, 0.25) is 0 Å². The maximum atomic E-state index is 12.1. The van der Waals surface area contributed by atoms with E-state index in [1.54, 1.807) is 6.26 Å². The quantitative estimate of drug-likeness (QED) is 0.837. The average Bonchev–Trinajstić information content (AvgIpc) is 2.88. The van der Waals surface area contributed by atoms with Crippen LogP contribution in [0.15, 0.2) is 10.7 Å². The zero-order valence-electron chi connectivity index (χ0n) is 13.4. The molecule has 0 atom stereocenters. The van der Waals surface area contributed by atoms with Crippen LogP contribution in [0.3, 0.4) is 0 Å². The lowest BCUT2D eigenvalue weighted by Crippen LogP contribution is -2.44. The van der Waals surface area contributed by atoms with E-state index in [4.69, 9.17) is 9.15 Å². The summed E-state index contributed by atoms with van der Waals surface area (Å²) in [7, 11) is 1.90. The normalized spacial score (nSPS) is 16.5. The second-order valence-corrected chi connectivity index (χ2v) is 6.54. The van der Waals surface area contributed by atoms with Crippen LogP contribution in [0.1, 0.15) is 32.4 Å². The lowest BCUT2D eigenvalue weighted by atomic mass is 9.93. The number of hydrogen-bond donors (Lipinski definition) is 0.